The van der Waals surface area contributed by atoms with Crippen molar-refractivity contribution in [3.63, 3.8) is 0 Å². The first-order chi connectivity index (χ1) is 9.65. The Labute approximate surface area is 126 Å². The molecule has 20 heavy (non-hydrogen) atoms. The molecule has 0 spiro atoms. The van der Waals surface area contributed by atoms with Crippen LogP contribution in [0.5, 0.6) is 0 Å². The van der Waals surface area contributed by atoms with Crippen LogP contribution in [-0.2, 0) is 0 Å². The Bertz CT molecular complexity index is 514. The third kappa shape index (κ3) is 2.67. The van der Waals surface area contributed by atoms with Crippen molar-refractivity contribution in [2.24, 2.45) is 5.73 Å². The zero-order chi connectivity index (χ0) is 14.1. The van der Waals surface area contributed by atoms with Crippen molar-refractivity contribution in [3.05, 3.63) is 29.3 Å². The average Bonchev–Trinajstić information content (AvgIpc) is 2.75. The van der Waals surface area contributed by atoms with E-state index in [9.17, 15) is 0 Å². The minimum absolute atomic E-state index is 0.507. The molecule has 3 rings (SSSR count). The maximum atomic E-state index is 5.91. The van der Waals surface area contributed by atoms with Crippen LogP contribution in [0.25, 0.3) is 0 Å². The SMILES string of the molecule is Cc1ccc(C(N)=S)c(N2CCCN3CCCC3C2)c1. The Morgan fingerprint density at radius 2 is 2.05 bits per heavy atom. The van der Waals surface area contributed by atoms with E-state index >= 15 is 0 Å². The molecular weight excluding hydrogens is 266 g/mol. The zero-order valence-corrected chi connectivity index (χ0v) is 13.0. The number of rotatable bonds is 2. The summed E-state index contributed by atoms with van der Waals surface area (Å²) in [5, 5.41) is 0. The quantitative estimate of drug-likeness (QED) is 0.847. The number of hydrogen-bond acceptors (Lipinski definition) is 3. The number of benzene rings is 1. The Morgan fingerprint density at radius 1 is 1.25 bits per heavy atom. The van der Waals surface area contributed by atoms with Gasteiger partial charge in [0.2, 0.25) is 0 Å². The van der Waals surface area contributed by atoms with E-state index in [1.807, 2.05) is 0 Å². The summed E-state index contributed by atoms with van der Waals surface area (Å²) in [6.07, 6.45) is 3.89. The van der Waals surface area contributed by atoms with Crippen molar-refractivity contribution in [2.75, 3.05) is 31.1 Å². The van der Waals surface area contributed by atoms with E-state index in [4.69, 9.17) is 18.0 Å². The van der Waals surface area contributed by atoms with Crippen molar-refractivity contribution in [1.82, 2.24) is 4.90 Å². The van der Waals surface area contributed by atoms with Gasteiger partial charge in [0.05, 0.1) is 0 Å². The van der Waals surface area contributed by atoms with E-state index in [1.165, 1.54) is 43.6 Å². The molecular formula is C16H23N3S. The summed E-state index contributed by atoms with van der Waals surface area (Å²) in [6, 6.07) is 7.11. The van der Waals surface area contributed by atoms with Crippen LogP contribution < -0.4 is 10.6 Å². The highest BCUT2D eigenvalue weighted by atomic mass is 32.1. The molecule has 0 radical (unpaired) electrons. The van der Waals surface area contributed by atoms with Crippen LogP contribution in [0.2, 0.25) is 0 Å². The summed E-state index contributed by atoms with van der Waals surface area (Å²) in [7, 11) is 0. The largest absolute Gasteiger partial charge is 0.389 e. The fraction of sp³-hybridized carbons (Fsp3) is 0.562. The molecule has 0 bridgehead atoms. The number of thiocarbonyl (C=S) groups is 1. The van der Waals surface area contributed by atoms with Crippen molar-refractivity contribution in [1.29, 1.82) is 0 Å². The highest BCUT2D eigenvalue weighted by Gasteiger charge is 2.29. The second-order valence-electron chi connectivity index (χ2n) is 6.02. The minimum atomic E-state index is 0.507. The van der Waals surface area contributed by atoms with Gasteiger partial charge in [-0.05, 0) is 50.4 Å². The molecule has 1 atom stereocenters. The predicted molar refractivity (Wildman–Crippen MR) is 88.5 cm³/mol. The summed E-state index contributed by atoms with van der Waals surface area (Å²) >= 11 is 5.23. The van der Waals surface area contributed by atoms with Crippen LogP contribution in [-0.4, -0.2) is 42.1 Å². The lowest BCUT2D eigenvalue weighted by atomic mass is 10.1. The topological polar surface area (TPSA) is 32.5 Å². The molecule has 1 aromatic rings. The average molecular weight is 289 g/mol. The van der Waals surface area contributed by atoms with Crippen LogP contribution in [0, 0.1) is 6.92 Å². The number of fused-ring (bicyclic) bond motifs is 1. The number of aryl methyl sites for hydroxylation is 1. The predicted octanol–water partition coefficient (Wildman–Crippen LogP) is 2.30. The first-order valence-electron chi connectivity index (χ1n) is 7.54. The van der Waals surface area contributed by atoms with Crippen LogP contribution in [0.4, 0.5) is 5.69 Å². The van der Waals surface area contributed by atoms with Gasteiger partial charge in [-0.2, -0.15) is 0 Å². The summed E-state index contributed by atoms with van der Waals surface area (Å²) in [4.78, 5) is 5.65. The number of nitrogens with zero attached hydrogens (tertiary/aromatic N) is 2. The first-order valence-corrected chi connectivity index (χ1v) is 7.95. The second-order valence-corrected chi connectivity index (χ2v) is 6.46. The second kappa shape index (κ2) is 5.70. The van der Waals surface area contributed by atoms with Gasteiger partial charge in [-0.1, -0.05) is 18.3 Å². The van der Waals surface area contributed by atoms with Gasteiger partial charge in [-0.15, -0.1) is 0 Å². The highest BCUT2D eigenvalue weighted by molar-refractivity contribution is 7.80. The molecule has 1 aromatic carbocycles. The molecule has 0 amide bonds. The van der Waals surface area contributed by atoms with Gasteiger partial charge in [-0.25, -0.2) is 0 Å². The summed E-state index contributed by atoms with van der Waals surface area (Å²) in [5.74, 6) is 0. The van der Waals surface area contributed by atoms with E-state index < -0.39 is 0 Å². The summed E-state index contributed by atoms with van der Waals surface area (Å²) in [6.45, 7) is 6.85. The normalized spacial score (nSPS) is 23.4. The van der Waals surface area contributed by atoms with Gasteiger partial charge >= 0.3 is 0 Å². The van der Waals surface area contributed by atoms with Gasteiger partial charge in [0.25, 0.3) is 0 Å². The Hall–Kier alpha value is -1.13. The standard InChI is InChI=1S/C16H23N3S/c1-12-5-6-14(16(17)20)15(10-12)19-9-3-8-18-7-2-4-13(18)11-19/h5-6,10,13H,2-4,7-9,11H2,1H3,(H2,17,20). The third-order valence-corrected chi connectivity index (χ3v) is 4.78. The van der Waals surface area contributed by atoms with E-state index in [2.05, 4.69) is 34.9 Å². The smallest absolute Gasteiger partial charge is 0.106 e. The molecule has 2 heterocycles. The van der Waals surface area contributed by atoms with E-state index in [0.29, 0.717) is 11.0 Å². The van der Waals surface area contributed by atoms with Gasteiger partial charge < -0.3 is 10.6 Å². The molecule has 0 saturated carbocycles. The van der Waals surface area contributed by atoms with Gasteiger partial charge in [0.1, 0.15) is 4.99 Å². The molecule has 0 aliphatic carbocycles. The maximum absolute atomic E-state index is 5.91. The fourth-order valence-corrected chi connectivity index (χ4v) is 3.71. The summed E-state index contributed by atoms with van der Waals surface area (Å²) < 4.78 is 0. The van der Waals surface area contributed by atoms with Crippen molar-refractivity contribution in [3.8, 4) is 0 Å². The molecule has 2 aliphatic rings. The molecule has 0 aromatic heterocycles. The van der Waals surface area contributed by atoms with Gasteiger partial charge in [-0.3, -0.25) is 4.90 Å². The van der Waals surface area contributed by atoms with E-state index in [-0.39, 0.29) is 0 Å². The van der Waals surface area contributed by atoms with E-state index in [1.54, 1.807) is 0 Å². The van der Waals surface area contributed by atoms with Crippen LogP contribution in [0.1, 0.15) is 30.4 Å². The molecule has 3 nitrogen and oxygen atoms in total. The molecule has 4 heteroatoms. The molecule has 2 fully saturated rings. The Kier molecular flexibility index (Phi) is 3.94. The van der Waals surface area contributed by atoms with Crippen molar-refractivity contribution >= 4 is 22.9 Å². The Balaban J connectivity index is 1.91. The number of anilines is 1. The number of nitrogens with two attached hydrogens (primary N) is 1. The van der Waals surface area contributed by atoms with E-state index in [0.717, 1.165) is 18.7 Å². The number of hydrogen-bond donors (Lipinski definition) is 1. The first kappa shape index (κ1) is 13.8. The highest BCUT2D eigenvalue weighted by Crippen LogP contribution is 2.28. The van der Waals surface area contributed by atoms with Crippen molar-refractivity contribution < 1.29 is 0 Å². The molecule has 108 valence electrons. The lowest BCUT2D eigenvalue weighted by molar-refractivity contribution is 0.273. The van der Waals surface area contributed by atoms with Crippen molar-refractivity contribution in [2.45, 2.75) is 32.2 Å². The van der Waals surface area contributed by atoms with Crippen LogP contribution >= 0.6 is 12.2 Å². The molecule has 2 N–H and O–H groups in total. The van der Waals surface area contributed by atoms with Crippen LogP contribution in [0.15, 0.2) is 18.2 Å². The van der Waals surface area contributed by atoms with Crippen LogP contribution in [0.3, 0.4) is 0 Å². The zero-order valence-electron chi connectivity index (χ0n) is 12.1. The van der Waals surface area contributed by atoms with Gasteiger partial charge in [0.15, 0.2) is 0 Å². The molecule has 1 unspecified atom stereocenters. The minimum Gasteiger partial charge on any atom is -0.389 e. The lowest BCUT2D eigenvalue weighted by Gasteiger charge is -2.29. The monoisotopic (exact) mass is 289 g/mol. The maximum Gasteiger partial charge on any atom is 0.106 e. The molecule has 2 aliphatic heterocycles. The third-order valence-electron chi connectivity index (χ3n) is 4.56. The Morgan fingerprint density at radius 3 is 2.85 bits per heavy atom. The summed E-state index contributed by atoms with van der Waals surface area (Å²) in [5.41, 5.74) is 9.44. The van der Waals surface area contributed by atoms with Gasteiger partial charge in [0, 0.05) is 36.9 Å². The lowest BCUT2D eigenvalue weighted by Crippen LogP contribution is -2.37. The molecule has 2 saturated heterocycles. The fourth-order valence-electron chi connectivity index (χ4n) is 3.54.